The molecule has 1 amide bonds. The molecule has 0 saturated carbocycles. The van der Waals surface area contributed by atoms with E-state index in [9.17, 15) is 9.59 Å². The summed E-state index contributed by atoms with van der Waals surface area (Å²) in [6.45, 7) is 3.68. The summed E-state index contributed by atoms with van der Waals surface area (Å²) in [4.78, 5) is 26.3. The number of carbonyl (C=O) groups is 2. The molecule has 2 N–H and O–H groups in total. The van der Waals surface area contributed by atoms with Crippen LogP contribution in [-0.4, -0.2) is 35.2 Å². The smallest absolute Gasteiger partial charge is 0.355 e. The number of nitrogens with one attached hydrogen (secondary N) is 1. The number of thiazole rings is 1. The van der Waals surface area contributed by atoms with Crippen molar-refractivity contribution in [3.8, 4) is 0 Å². The maximum atomic E-state index is 11.7. The van der Waals surface area contributed by atoms with Gasteiger partial charge in [-0.15, -0.1) is 11.3 Å². The van der Waals surface area contributed by atoms with Gasteiger partial charge in [-0.3, -0.25) is 4.79 Å². The van der Waals surface area contributed by atoms with Crippen LogP contribution in [-0.2, 0) is 9.53 Å². The van der Waals surface area contributed by atoms with E-state index in [0.717, 1.165) is 0 Å². The van der Waals surface area contributed by atoms with Crippen LogP contribution in [0, 0.1) is 0 Å². The molecule has 0 fully saturated rings. The number of carboxylic acid groups (broad SMARTS) is 1. The van der Waals surface area contributed by atoms with Crippen LogP contribution in [0.3, 0.4) is 0 Å². The fraction of sp³-hybridized carbons (Fsp3) is 0.583. The maximum Gasteiger partial charge on any atom is 0.355 e. The monoisotopic (exact) mass is 286 g/mol. The van der Waals surface area contributed by atoms with Crippen LogP contribution in [0.1, 0.15) is 48.2 Å². The summed E-state index contributed by atoms with van der Waals surface area (Å²) in [5.41, 5.74) is 0.00843. The van der Waals surface area contributed by atoms with E-state index >= 15 is 0 Å². The highest BCUT2D eigenvalue weighted by Crippen LogP contribution is 2.18. The Morgan fingerprint density at radius 1 is 1.53 bits per heavy atom. The first-order valence-corrected chi connectivity index (χ1v) is 6.83. The van der Waals surface area contributed by atoms with Crippen LogP contribution >= 0.6 is 11.3 Å². The maximum absolute atomic E-state index is 11.7. The molecule has 0 saturated heterocycles. The summed E-state index contributed by atoms with van der Waals surface area (Å²) in [5.74, 6) is -1.15. The number of carboxylic acids is 1. The van der Waals surface area contributed by atoms with Crippen molar-refractivity contribution < 1.29 is 19.4 Å². The Bertz CT molecular complexity index is 447. The minimum atomic E-state index is -1.06. The van der Waals surface area contributed by atoms with Gasteiger partial charge in [0, 0.05) is 18.9 Å². The van der Waals surface area contributed by atoms with Gasteiger partial charge < -0.3 is 15.2 Å². The summed E-state index contributed by atoms with van der Waals surface area (Å²) < 4.78 is 5.06. The molecular weight excluding hydrogens is 268 g/mol. The highest BCUT2D eigenvalue weighted by molar-refractivity contribution is 7.09. The number of hydrogen-bond donors (Lipinski definition) is 2. The Hall–Kier alpha value is -1.47. The average Bonchev–Trinajstić information content (AvgIpc) is 2.85. The Morgan fingerprint density at radius 3 is 2.74 bits per heavy atom. The van der Waals surface area contributed by atoms with Crippen molar-refractivity contribution in [2.75, 3.05) is 7.11 Å². The van der Waals surface area contributed by atoms with Crippen molar-refractivity contribution >= 4 is 23.2 Å². The molecular formula is C12H18N2O4S. The van der Waals surface area contributed by atoms with Crippen molar-refractivity contribution in [1.82, 2.24) is 10.3 Å². The van der Waals surface area contributed by atoms with Gasteiger partial charge >= 0.3 is 5.97 Å². The summed E-state index contributed by atoms with van der Waals surface area (Å²) in [7, 11) is 1.61. The molecule has 1 aromatic rings. The van der Waals surface area contributed by atoms with Crippen LogP contribution in [0.2, 0.25) is 0 Å². The molecule has 1 aromatic heterocycles. The van der Waals surface area contributed by atoms with Gasteiger partial charge in [0.15, 0.2) is 5.69 Å². The predicted octanol–water partition coefficient (Wildman–Crippen LogP) is 1.83. The molecule has 1 heterocycles. The minimum Gasteiger partial charge on any atom is -0.476 e. The number of methoxy groups -OCH3 is 1. The molecule has 0 spiro atoms. The fourth-order valence-electron chi connectivity index (χ4n) is 1.41. The first-order valence-electron chi connectivity index (χ1n) is 5.95. The third kappa shape index (κ3) is 4.96. The second kappa shape index (κ2) is 7.20. The van der Waals surface area contributed by atoms with Gasteiger partial charge in [0.2, 0.25) is 5.91 Å². The number of amides is 1. The van der Waals surface area contributed by atoms with E-state index in [1.165, 1.54) is 16.7 Å². The molecule has 19 heavy (non-hydrogen) atoms. The SMILES string of the molecule is COC(C)CCC(=O)NC(C)c1nc(C(=O)O)cs1. The molecule has 0 aromatic carbocycles. The Balaban J connectivity index is 2.47. The standard InChI is InChI=1S/C12H18N2O4S/c1-7(18-3)4-5-10(15)13-8(2)11-14-9(6-19-11)12(16)17/h6-8H,4-5H2,1-3H3,(H,13,15)(H,16,17). The van der Waals surface area contributed by atoms with E-state index in [0.29, 0.717) is 17.8 Å². The molecule has 2 atom stereocenters. The van der Waals surface area contributed by atoms with Gasteiger partial charge in [0.1, 0.15) is 5.01 Å². The van der Waals surface area contributed by atoms with E-state index in [1.807, 2.05) is 6.92 Å². The fourth-order valence-corrected chi connectivity index (χ4v) is 2.21. The number of hydrogen-bond acceptors (Lipinski definition) is 5. The third-order valence-electron chi connectivity index (χ3n) is 2.67. The van der Waals surface area contributed by atoms with Gasteiger partial charge in [0.25, 0.3) is 0 Å². The first kappa shape index (κ1) is 15.6. The van der Waals surface area contributed by atoms with Crippen LogP contribution in [0.4, 0.5) is 0 Å². The molecule has 2 unspecified atom stereocenters. The van der Waals surface area contributed by atoms with Crippen LogP contribution in [0.15, 0.2) is 5.38 Å². The third-order valence-corrected chi connectivity index (χ3v) is 3.70. The van der Waals surface area contributed by atoms with Crippen molar-refractivity contribution in [3.63, 3.8) is 0 Å². The van der Waals surface area contributed by atoms with Crippen molar-refractivity contribution in [2.45, 2.75) is 38.8 Å². The number of carbonyl (C=O) groups excluding carboxylic acids is 1. The summed E-state index contributed by atoms with van der Waals surface area (Å²) in [5, 5.41) is 13.6. The van der Waals surface area contributed by atoms with E-state index in [-0.39, 0.29) is 23.7 Å². The lowest BCUT2D eigenvalue weighted by Crippen LogP contribution is -2.27. The lowest BCUT2D eigenvalue weighted by atomic mass is 10.2. The summed E-state index contributed by atoms with van der Waals surface area (Å²) in [6.07, 6.45) is 1.06. The van der Waals surface area contributed by atoms with E-state index in [1.54, 1.807) is 14.0 Å². The van der Waals surface area contributed by atoms with E-state index in [4.69, 9.17) is 9.84 Å². The molecule has 7 heteroatoms. The zero-order valence-corrected chi connectivity index (χ0v) is 12.0. The van der Waals surface area contributed by atoms with Gasteiger partial charge in [-0.1, -0.05) is 0 Å². The van der Waals surface area contributed by atoms with E-state index in [2.05, 4.69) is 10.3 Å². The molecule has 0 aliphatic rings. The first-order chi connectivity index (χ1) is 8.93. The quantitative estimate of drug-likeness (QED) is 0.798. The molecule has 0 bridgehead atoms. The highest BCUT2D eigenvalue weighted by Gasteiger charge is 2.16. The van der Waals surface area contributed by atoms with Gasteiger partial charge in [0.05, 0.1) is 12.1 Å². The minimum absolute atomic E-state index is 0.00843. The lowest BCUT2D eigenvalue weighted by molar-refractivity contribution is -0.122. The van der Waals surface area contributed by atoms with Crippen molar-refractivity contribution in [1.29, 1.82) is 0 Å². The number of nitrogens with zero attached hydrogens (tertiary/aromatic N) is 1. The largest absolute Gasteiger partial charge is 0.476 e. The summed E-state index contributed by atoms with van der Waals surface area (Å²) >= 11 is 1.23. The number of aromatic nitrogens is 1. The highest BCUT2D eigenvalue weighted by atomic mass is 32.1. The van der Waals surface area contributed by atoms with Crippen molar-refractivity contribution in [3.05, 3.63) is 16.1 Å². The zero-order chi connectivity index (χ0) is 14.4. The molecule has 1 rings (SSSR count). The summed E-state index contributed by atoms with van der Waals surface area (Å²) in [6, 6.07) is -0.288. The van der Waals surface area contributed by atoms with Crippen LogP contribution < -0.4 is 5.32 Å². The van der Waals surface area contributed by atoms with Gasteiger partial charge in [-0.05, 0) is 20.3 Å². The molecule has 106 valence electrons. The second-order valence-corrected chi connectivity index (χ2v) is 5.14. The predicted molar refractivity (Wildman–Crippen MR) is 71.3 cm³/mol. The Morgan fingerprint density at radius 2 is 2.21 bits per heavy atom. The number of rotatable bonds is 7. The zero-order valence-electron chi connectivity index (χ0n) is 11.2. The Kier molecular flexibility index (Phi) is 5.91. The van der Waals surface area contributed by atoms with Gasteiger partial charge in [-0.2, -0.15) is 0 Å². The molecule has 0 aliphatic heterocycles. The number of ether oxygens (including phenoxy) is 1. The van der Waals surface area contributed by atoms with Crippen molar-refractivity contribution in [2.24, 2.45) is 0 Å². The molecule has 6 nitrogen and oxygen atoms in total. The molecule has 0 radical (unpaired) electrons. The molecule has 0 aliphatic carbocycles. The second-order valence-electron chi connectivity index (χ2n) is 4.25. The van der Waals surface area contributed by atoms with E-state index < -0.39 is 5.97 Å². The topological polar surface area (TPSA) is 88.5 Å². The van der Waals surface area contributed by atoms with Crippen LogP contribution in [0.25, 0.3) is 0 Å². The Labute approximate surface area is 115 Å². The van der Waals surface area contributed by atoms with Crippen LogP contribution in [0.5, 0.6) is 0 Å². The normalized spacial score (nSPS) is 13.8. The van der Waals surface area contributed by atoms with Gasteiger partial charge in [-0.25, -0.2) is 9.78 Å². The number of aromatic carboxylic acids is 1. The average molecular weight is 286 g/mol. The lowest BCUT2D eigenvalue weighted by Gasteiger charge is -2.13.